The number of carboxylic acids is 1. The summed E-state index contributed by atoms with van der Waals surface area (Å²) in [5.74, 6) is -1.80. The molecule has 0 aliphatic carbocycles. The molecule has 4 N–H and O–H groups in total. The third-order valence-electron chi connectivity index (χ3n) is 5.66. The number of nitrogens with zero attached hydrogens (tertiary/aromatic N) is 2. The van der Waals surface area contributed by atoms with Crippen LogP contribution < -0.4 is 4.74 Å². The molecule has 36 heavy (non-hydrogen) atoms. The molecule has 0 radical (unpaired) electrons. The van der Waals surface area contributed by atoms with Crippen molar-refractivity contribution in [3.05, 3.63) is 95.9 Å². The number of aromatic nitrogens is 4. The van der Waals surface area contributed by atoms with E-state index < -0.39 is 29.1 Å². The number of hydrogen-bond acceptors (Lipinski definition) is 5. The largest absolute Gasteiger partial charge is 0.478 e. The Morgan fingerprint density at radius 3 is 2.47 bits per heavy atom. The number of alkyl halides is 3. The molecule has 0 aliphatic rings. The third-order valence-corrected chi connectivity index (χ3v) is 5.66. The lowest BCUT2D eigenvalue weighted by Crippen LogP contribution is -2.44. The van der Waals surface area contributed by atoms with Gasteiger partial charge in [0.1, 0.15) is 17.1 Å². The van der Waals surface area contributed by atoms with Crippen molar-refractivity contribution in [2.45, 2.75) is 11.8 Å². The predicted molar refractivity (Wildman–Crippen MR) is 123 cm³/mol. The van der Waals surface area contributed by atoms with Crippen molar-refractivity contribution < 1.29 is 32.9 Å². The highest BCUT2D eigenvalue weighted by Crippen LogP contribution is 2.43. The molecule has 3 aromatic carbocycles. The second kappa shape index (κ2) is 8.54. The molecule has 8 nitrogen and oxygen atoms in total. The number of hydrogen-bond donors (Lipinski definition) is 4. The van der Waals surface area contributed by atoms with Gasteiger partial charge in [-0.2, -0.15) is 18.3 Å². The van der Waals surface area contributed by atoms with Gasteiger partial charge in [-0.25, -0.2) is 9.78 Å². The topological polar surface area (TPSA) is 124 Å². The van der Waals surface area contributed by atoms with Crippen LogP contribution in [0, 0.1) is 0 Å². The van der Waals surface area contributed by atoms with E-state index in [2.05, 4.69) is 20.2 Å². The summed E-state index contributed by atoms with van der Waals surface area (Å²) in [4.78, 5) is 18.7. The Kier molecular flexibility index (Phi) is 5.48. The van der Waals surface area contributed by atoms with E-state index in [4.69, 9.17) is 4.74 Å². The fourth-order valence-corrected chi connectivity index (χ4v) is 3.91. The summed E-state index contributed by atoms with van der Waals surface area (Å²) < 4.78 is 47.7. The first-order valence-corrected chi connectivity index (χ1v) is 10.6. The number of aromatic carboxylic acids is 1. The fraction of sp³-hybridized carbons (Fsp3) is 0.0800. The summed E-state index contributed by atoms with van der Waals surface area (Å²) in [6.07, 6.45) is -3.47. The van der Waals surface area contributed by atoms with Crippen molar-refractivity contribution >= 4 is 16.9 Å². The fourth-order valence-electron chi connectivity index (χ4n) is 3.91. The Morgan fingerprint density at radius 2 is 1.75 bits per heavy atom. The van der Waals surface area contributed by atoms with Crippen LogP contribution in [-0.4, -0.2) is 42.5 Å². The molecule has 2 aromatic heterocycles. The van der Waals surface area contributed by atoms with Crippen LogP contribution in [0.5, 0.6) is 11.5 Å². The van der Waals surface area contributed by atoms with Crippen molar-refractivity contribution in [3.8, 4) is 22.9 Å². The minimum atomic E-state index is -5.08. The summed E-state index contributed by atoms with van der Waals surface area (Å²) in [6.45, 7) is 0. The number of benzene rings is 3. The Bertz CT molecular complexity index is 1560. The van der Waals surface area contributed by atoms with Crippen LogP contribution in [0.4, 0.5) is 13.2 Å². The van der Waals surface area contributed by atoms with E-state index in [0.717, 1.165) is 12.1 Å². The molecule has 182 valence electrons. The number of ether oxygens (including phenoxy) is 1. The highest BCUT2D eigenvalue weighted by atomic mass is 19.4. The van der Waals surface area contributed by atoms with Gasteiger partial charge in [-0.1, -0.05) is 42.5 Å². The average Bonchev–Trinajstić information content (AvgIpc) is 3.53. The number of H-pyrrole nitrogens is 2. The maximum atomic E-state index is 14.0. The number of fused-ring (bicyclic) bond motifs is 1. The SMILES string of the molecule is O=C(O)c1c(Oc2cccc(-c3n[nH]c(C(O)(c4ccccc4)C(F)(F)F)n3)c2)ccc2[nH]ccc12. The quantitative estimate of drug-likeness (QED) is 0.256. The Morgan fingerprint density at radius 1 is 0.972 bits per heavy atom. The van der Waals surface area contributed by atoms with Crippen LogP contribution in [0.3, 0.4) is 0 Å². The smallest absolute Gasteiger partial charge is 0.428 e. The van der Waals surface area contributed by atoms with Gasteiger partial charge in [0.15, 0.2) is 11.6 Å². The number of aliphatic hydroxyl groups is 1. The molecule has 0 saturated heterocycles. The van der Waals surface area contributed by atoms with Gasteiger partial charge >= 0.3 is 12.1 Å². The molecule has 0 bridgehead atoms. The second-order valence-electron chi connectivity index (χ2n) is 7.89. The maximum Gasteiger partial charge on any atom is 0.428 e. The van der Waals surface area contributed by atoms with Gasteiger partial charge in [0.2, 0.25) is 5.60 Å². The molecule has 11 heteroatoms. The monoisotopic (exact) mass is 494 g/mol. The molecular weight excluding hydrogens is 477 g/mol. The number of rotatable bonds is 6. The summed E-state index contributed by atoms with van der Waals surface area (Å²) in [7, 11) is 0. The first kappa shape index (κ1) is 23.1. The second-order valence-corrected chi connectivity index (χ2v) is 7.89. The standard InChI is InChI=1S/C25H17F3N4O4/c26-25(27,28)24(35,15-6-2-1-3-7-15)23-30-21(31-32-23)14-5-4-8-16(13-14)36-19-10-9-18-17(11-12-29-18)20(19)22(33)34/h1-13,29,35H,(H,33,34)(H,30,31,32). The van der Waals surface area contributed by atoms with Crippen LogP contribution in [0.1, 0.15) is 21.7 Å². The molecule has 0 amide bonds. The summed E-state index contributed by atoms with van der Waals surface area (Å²) in [5.41, 5.74) is -2.96. The third kappa shape index (κ3) is 3.85. The molecule has 0 spiro atoms. The number of carboxylic acid groups (broad SMARTS) is 1. The Balaban J connectivity index is 1.50. The van der Waals surface area contributed by atoms with Crippen LogP contribution >= 0.6 is 0 Å². The van der Waals surface area contributed by atoms with Crippen LogP contribution in [0.15, 0.2) is 79.0 Å². The molecule has 5 aromatic rings. The van der Waals surface area contributed by atoms with Crippen molar-refractivity contribution in [2.75, 3.05) is 0 Å². The van der Waals surface area contributed by atoms with Crippen LogP contribution in [0.2, 0.25) is 0 Å². The normalized spacial score (nSPS) is 13.4. The maximum absolute atomic E-state index is 14.0. The number of nitrogens with one attached hydrogen (secondary N) is 2. The number of aromatic amines is 2. The first-order chi connectivity index (χ1) is 17.2. The van der Waals surface area contributed by atoms with Gasteiger partial charge in [-0.3, -0.25) is 5.10 Å². The minimum absolute atomic E-state index is 0.0440. The Hall–Kier alpha value is -4.64. The zero-order valence-electron chi connectivity index (χ0n) is 18.2. The van der Waals surface area contributed by atoms with Crippen LogP contribution in [-0.2, 0) is 5.60 Å². The van der Waals surface area contributed by atoms with E-state index >= 15 is 0 Å². The van der Waals surface area contributed by atoms with E-state index in [9.17, 15) is 28.2 Å². The van der Waals surface area contributed by atoms with Crippen molar-refractivity contribution in [1.82, 2.24) is 20.2 Å². The molecule has 0 aliphatic heterocycles. The van der Waals surface area contributed by atoms with Gasteiger partial charge in [0, 0.05) is 28.2 Å². The molecule has 2 heterocycles. The molecule has 5 rings (SSSR count). The Labute approximate surface area is 201 Å². The van der Waals surface area contributed by atoms with E-state index in [-0.39, 0.29) is 28.5 Å². The lowest BCUT2D eigenvalue weighted by atomic mass is 9.92. The van der Waals surface area contributed by atoms with E-state index in [1.54, 1.807) is 36.5 Å². The predicted octanol–water partition coefficient (Wildman–Crippen LogP) is 5.24. The van der Waals surface area contributed by atoms with E-state index in [1.807, 2.05) is 0 Å². The van der Waals surface area contributed by atoms with Crippen molar-refractivity contribution in [1.29, 1.82) is 0 Å². The van der Waals surface area contributed by atoms with Crippen molar-refractivity contribution in [3.63, 3.8) is 0 Å². The van der Waals surface area contributed by atoms with Gasteiger partial charge in [0.25, 0.3) is 0 Å². The summed E-state index contributed by atoms with van der Waals surface area (Å²) in [6, 6.07) is 17.5. The van der Waals surface area contributed by atoms with Gasteiger partial charge in [0.05, 0.1) is 0 Å². The summed E-state index contributed by atoms with van der Waals surface area (Å²) >= 11 is 0. The lowest BCUT2D eigenvalue weighted by molar-refractivity contribution is -0.251. The lowest BCUT2D eigenvalue weighted by Gasteiger charge is -2.28. The van der Waals surface area contributed by atoms with Gasteiger partial charge in [-0.05, 0) is 30.3 Å². The van der Waals surface area contributed by atoms with Gasteiger partial charge < -0.3 is 19.9 Å². The molecular formula is C25H17F3N4O4. The molecule has 0 saturated carbocycles. The molecule has 0 fully saturated rings. The number of carbonyl (C=O) groups is 1. The minimum Gasteiger partial charge on any atom is -0.478 e. The highest BCUT2D eigenvalue weighted by molar-refractivity contribution is 6.05. The van der Waals surface area contributed by atoms with E-state index in [0.29, 0.717) is 10.9 Å². The first-order valence-electron chi connectivity index (χ1n) is 10.6. The van der Waals surface area contributed by atoms with E-state index in [1.165, 1.54) is 30.3 Å². The zero-order chi connectivity index (χ0) is 25.5. The molecule has 1 atom stereocenters. The molecule has 1 unspecified atom stereocenters. The number of halogens is 3. The zero-order valence-corrected chi connectivity index (χ0v) is 18.2. The highest BCUT2D eigenvalue weighted by Gasteiger charge is 2.58. The van der Waals surface area contributed by atoms with Crippen LogP contribution in [0.25, 0.3) is 22.3 Å². The average molecular weight is 494 g/mol. The van der Waals surface area contributed by atoms with Gasteiger partial charge in [-0.15, -0.1) is 0 Å². The van der Waals surface area contributed by atoms with Crippen molar-refractivity contribution in [2.24, 2.45) is 0 Å². The summed E-state index contributed by atoms with van der Waals surface area (Å²) in [5, 5.41) is 26.9.